The van der Waals surface area contributed by atoms with Crippen LogP contribution in [0.3, 0.4) is 0 Å². The quantitative estimate of drug-likeness (QED) is 0.771. The normalized spacial score (nSPS) is 27.8. The van der Waals surface area contributed by atoms with Crippen LogP contribution in [-0.4, -0.2) is 45.9 Å². The zero-order valence-electron chi connectivity index (χ0n) is 10.1. The molecule has 0 aliphatic carbocycles. The van der Waals surface area contributed by atoms with E-state index in [0.717, 1.165) is 38.1 Å². The number of rotatable bonds is 2. The van der Waals surface area contributed by atoms with E-state index in [4.69, 9.17) is 0 Å². The van der Waals surface area contributed by atoms with Crippen LogP contribution in [0.2, 0.25) is 0 Å². The Labute approximate surface area is 111 Å². The lowest BCUT2D eigenvalue weighted by Crippen LogP contribution is -2.46. The van der Waals surface area contributed by atoms with E-state index in [-0.39, 0.29) is 10.00 Å². The van der Waals surface area contributed by atoms with E-state index in [1.807, 2.05) is 11.2 Å². The van der Waals surface area contributed by atoms with Gasteiger partial charge in [0.05, 0.1) is 11.3 Å². The topological polar surface area (TPSA) is 44.1 Å². The van der Waals surface area contributed by atoms with Crippen molar-refractivity contribution in [3.8, 4) is 6.07 Å². The molecular weight excluding hydrogens is 252 g/mol. The number of nitriles is 1. The average molecular weight is 270 g/mol. The van der Waals surface area contributed by atoms with Crippen molar-refractivity contribution >= 4 is 29.4 Å². The first-order valence-electron chi connectivity index (χ1n) is 6.07. The molecule has 0 aromatic carbocycles. The summed E-state index contributed by atoms with van der Waals surface area (Å²) >= 11 is 3.43. The number of nitrogens with zero attached hydrogens (tertiary/aromatic N) is 2. The van der Waals surface area contributed by atoms with Crippen LogP contribution in [0.4, 0.5) is 0 Å². The van der Waals surface area contributed by atoms with Crippen molar-refractivity contribution in [2.75, 3.05) is 25.1 Å². The molecule has 2 aliphatic heterocycles. The molecule has 1 unspecified atom stereocenters. The van der Waals surface area contributed by atoms with Crippen molar-refractivity contribution in [2.24, 2.45) is 0 Å². The summed E-state index contributed by atoms with van der Waals surface area (Å²) in [5.74, 6) is 1.43. The predicted molar refractivity (Wildman–Crippen MR) is 73.2 cm³/mol. The van der Waals surface area contributed by atoms with Crippen molar-refractivity contribution in [1.82, 2.24) is 4.90 Å². The van der Waals surface area contributed by atoms with E-state index < -0.39 is 0 Å². The van der Waals surface area contributed by atoms with Crippen LogP contribution >= 0.6 is 23.5 Å². The lowest BCUT2D eigenvalue weighted by molar-refractivity contribution is -0.131. The lowest BCUT2D eigenvalue weighted by atomic mass is 9.97. The van der Waals surface area contributed by atoms with Crippen LogP contribution in [0.1, 0.15) is 25.7 Å². The maximum Gasteiger partial charge on any atom is 0.235 e. The van der Waals surface area contributed by atoms with Gasteiger partial charge >= 0.3 is 0 Å². The molecule has 3 nitrogen and oxygen atoms in total. The average Bonchev–Trinajstić information content (AvgIpc) is 2.92. The third-order valence-electron chi connectivity index (χ3n) is 3.68. The van der Waals surface area contributed by atoms with Crippen molar-refractivity contribution in [1.29, 1.82) is 5.26 Å². The molecule has 1 atom stereocenters. The molecular formula is C12H18N2OS2. The molecule has 0 N–H and O–H groups in total. The van der Waals surface area contributed by atoms with Gasteiger partial charge < -0.3 is 4.90 Å². The second-order valence-corrected chi connectivity index (χ2v) is 7.14. The van der Waals surface area contributed by atoms with Crippen molar-refractivity contribution in [3.05, 3.63) is 0 Å². The summed E-state index contributed by atoms with van der Waals surface area (Å²) in [6.07, 6.45) is 5.82. The minimum absolute atomic E-state index is 0.193. The second-order valence-electron chi connectivity index (χ2n) is 4.64. The van der Waals surface area contributed by atoms with Crippen LogP contribution in [0.25, 0.3) is 0 Å². The Bertz CT molecular complexity index is 326. The van der Waals surface area contributed by atoms with Crippen LogP contribution in [0.5, 0.6) is 0 Å². The summed E-state index contributed by atoms with van der Waals surface area (Å²) in [6, 6.07) is 2.42. The molecule has 0 bridgehead atoms. The van der Waals surface area contributed by atoms with Gasteiger partial charge in [-0.3, -0.25) is 4.79 Å². The maximum absolute atomic E-state index is 12.2. The first-order valence-corrected chi connectivity index (χ1v) is 8.35. The Balaban J connectivity index is 1.90. The molecule has 1 amide bonds. The van der Waals surface area contributed by atoms with E-state index in [1.54, 1.807) is 23.5 Å². The number of hydrogen-bond donors (Lipinski definition) is 0. The van der Waals surface area contributed by atoms with Crippen LogP contribution in [0, 0.1) is 11.3 Å². The molecule has 2 aliphatic rings. The fourth-order valence-electron chi connectivity index (χ4n) is 2.43. The molecule has 0 saturated carbocycles. The molecule has 0 aromatic heterocycles. The second kappa shape index (κ2) is 5.53. The van der Waals surface area contributed by atoms with Gasteiger partial charge in [0.1, 0.15) is 4.75 Å². The van der Waals surface area contributed by atoms with Gasteiger partial charge in [0, 0.05) is 13.1 Å². The molecule has 17 heavy (non-hydrogen) atoms. The smallest absolute Gasteiger partial charge is 0.235 e. The van der Waals surface area contributed by atoms with E-state index in [1.165, 1.54) is 6.42 Å². The fraction of sp³-hybridized carbons (Fsp3) is 0.833. The fourth-order valence-corrected chi connectivity index (χ4v) is 4.35. The lowest BCUT2D eigenvalue weighted by Gasteiger charge is -2.37. The van der Waals surface area contributed by atoms with Gasteiger partial charge in [0.25, 0.3) is 0 Å². The number of amides is 1. The predicted octanol–water partition coefficient (Wildman–Crippen LogP) is 2.13. The highest BCUT2D eigenvalue weighted by Gasteiger charge is 2.37. The van der Waals surface area contributed by atoms with E-state index in [9.17, 15) is 10.1 Å². The third-order valence-corrected chi connectivity index (χ3v) is 6.33. The van der Waals surface area contributed by atoms with Gasteiger partial charge in [-0.2, -0.15) is 5.26 Å². The molecule has 94 valence electrons. The summed E-state index contributed by atoms with van der Waals surface area (Å²) in [5, 5.41) is 9.39. The van der Waals surface area contributed by atoms with Crippen molar-refractivity contribution in [2.45, 2.75) is 35.7 Å². The van der Waals surface area contributed by atoms with Crippen molar-refractivity contribution < 1.29 is 4.79 Å². The van der Waals surface area contributed by atoms with Crippen molar-refractivity contribution in [3.63, 3.8) is 0 Å². The number of carbonyl (C=O) groups excluding carboxylic acids is 1. The molecule has 0 radical (unpaired) electrons. The van der Waals surface area contributed by atoms with Gasteiger partial charge in [-0.05, 0) is 37.7 Å². The van der Waals surface area contributed by atoms with E-state index in [2.05, 4.69) is 6.07 Å². The van der Waals surface area contributed by atoms with Crippen LogP contribution in [-0.2, 0) is 4.79 Å². The van der Waals surface area contributed by atoms with Gasteiger partial charge in [-0.25, -0.2) is 0 Å². The van der Waals surface area contributed by atoms with E-state index >= 15 is 0 Å². The number of carbonyl (C=O) groups is 1. The minimum atomic E-state index is -0.250. The molecule has 2 fully saturated rings. The summed E-state index contributed by atoms with van der Waals surface area (Å²) in [5.41, 5.74) is 0. The Morgan fingerprint density at radius 3 is 2.71 bits per heavy atom. The summed E-state index contributed by atoms with van der Waals surface area (Å²) in [4.78, 5) is 14.2. The Kier molecular flexibility index (Phi) is 4.26. The molecule has 2 saturated heterocycles. The molecule has 5 heteroatoms. The molecule has 2 heterocycles. The molecule has 0 aromatic rings. The Morgan fingerprint density at radius 1 is 1.53 bits per heavy atom. The number of likely N-dealkylation sites (tertiary alicyclic amines) is 1. The first kappa shape index (κ1) is 13.1. The number of piperidine rings is 1. The summed E-state index contributed by atoms with van der Waals surface area (Å²) < 4.78 is -0.250. The zero-order chi connectivity index (χ0) is 12.3. The molecule has 0 spiro atoms. The van der Waals surface area contributed by atoms with Gasteiger partial charge in [-0.1, -0.05) is 0 Å². The zero-order valence-corrected chi connectivity index (χ0v) is 11.8. The van der Waals surface area contributed by atoms with Gasteiger partial charge in [0.15, 0.2) is 0 Å². The highest BCUT2D eigenvalue weighted by Crippen LogP contribution is 2.35. The largest absolute Gasteiger partial charge is 0.342 e. The SMILES string of the molecule is CSC1(C#N)CCN(C(=O)C2CCCS2)CC1. The van der Waals surface area contributed by atoms with Crippen LogP contribution in [0.15, 0.2) is 0 Å². The van der Waals surface area contributed by atoms with E-state index in [0.29, 0.717) is 5.91 Å². The van der Waals surface area contributed by atoms with Crippen LogP contribution < -0.4 is 0 Å². The maximum atomic E-state index is 12.2. The Morgan fingerprint density at radius 2 is 2.24 bits per heavy atom. The third kappa shape index (κ3) is 2.74. The first-order chi connectivity index (χ1) is 8.21. The van der Waals surface area contributed by atoms with Gasteiger partial charge in [-0.15, -0.1) is 23.5 Å². The minimum Gasteiger partial charge on any atom is -0.342 e. The highest BCUT2D eigenvalue weighted by molar-refractivity contribution is 8.00. The highest BCUT2D eigenvalue weighted by atomic mass is 32.2. The van der Waals surface area contributed by atoms with Gasteiger partial charge in [0.2, 0.25) is 5.91 Å². The monoisotopic (exact) mass is 270 g/mol. The Hall–Kier alpha value is -0.340. The number of thioether (sulfide) groups is 2. The number of hydrogen-bond acceptors (Lipinski definition) is 4. The molecule has 2 rings (SSSR count). The summed E-state index contributed by atoms with van der Waals surface area (Å²) in [6.45, 7) is 1.51. The standard InChI is InChI=1S/C12H18N2OS2/c1-16-12(9-13)4-6-14(7-5-12)11(15)10-3-2-8-17-10/h10H,2-8H2,1H3. The summed E-state index contributed by atoms with van der Waals surface area (Å²) in [7, 11) is 0.